The number of carboxylic acids is 1. The number of carbonyl (C=O) groups excluding carboxylic acids is 3. The standard InChI is InChI=1S/C27H34N4O8/c1-15(32)23(31-24(35)20-3-2-12-28-20)26(37)29-21(13-16-4-8-18(33)9-5-16)25(36)30-22(27(38)39)14-17-6-10-19(34)11-7-17/h4-11,15,20-23,28,32-34H,2-3,12-14H2,1H3,(H,29,37)(H,30,36)(H,31,35)(H,38,39). The largest absolute Gasteiger partial charge is 0.508 e. The fourth-order valence-electron chi connectivity index (χ4n) is 4.25. The lowest BCUT2D eigenvalue weighted by molar-refractivity contribution is -0.142. The highest BCUT2D eigenvalue weighted by Gasteiger charge is 2.33. The molecule has 210 valence electrons. The van der Waals surface area contributed by atoms with Crippen LogP contribution in [0, 0.1) is 0 Å². The van der Waals surface area contributed by atoms with Crippen molar-refractivity contribution in [3.05, 3.63) is 59.7 Å². The van der Waals surface area contributed by atoms with E-state index in [1.807, 2.05) is 0 Å². The molecule has 0 aromatic heterocycles. The smallest absolute Gasteiger partial charge is 0.326 e. The van der Waals surface area contributed by atoms with Crippen molar-refractivity contribution in [2.45, 2.75) is 62.9 Å². The molecule has 5 unspecified atom stereocenters. The first-order valence-electron chi connectivity index (χ1n) is 12.6. The van der Waals surface area contributed by atoms with E-state index in [0.29, 0.717) is 24.1 Å². The number of rotatable bonds is 12. The third kappa shape index (κ3) is 8.69. The van der Waals surface area contributed by atoms with Crippen LogP contribution < -0.4 is 21.3 Å². The van der Waals surface area contributed by atoms with E-state index in [1.54, 1.807) is 12.1 Å². The number of amides is 3. The Balaban J connectivity index is 1.77. The summed E-state index contributed by atoms with van der Waals surface area (Å²) in [6, 6.07) is 7.30. The number of nitrogens with one attached hydrogen (secondary N) is 4. The normalized spacial score (nSPS) is 17.8. The van der Waals surface area contributed by atoms with Gasteiger partial charge in [0.05, 0.1) is 12.1 Å². The van der Waals surface area contributed by atoms with E-state index in [1.165, 1.54) is 43.3 Å². The van der Waals surface area contributed by atoms with Gasteiger partial charge in [0.25, 0.3) is 0 Å². The van der Waals surface area contributed by atoms with Gasteiger partial charge >= 0.3 is 5.97 Å². The fraction of sp³-hybridized carbons (Fsp3) is 0.407. The zero-order valence-electron chi connectivity index (χ0n) is 21.5. The molecule has 0 spiro atoms. The van der Waals surface area contributed by atoms with Gasteiger partial charge in [0.1, 0.15) is 29.6 Å². The van der Waals surface area contributed by atoms with Gasteiger partial charge in [-0.25, -0.2) is 4.79 Å². The van der Waals surface area contributed by atoms with Gasteiger partial charge in [-0.05, 0) is 61.7 Å². The summed E-state index contributed by atoms with van der Waals surface area (Å²) < 4.78 is 0. The topological polar surface area (TPSA) is 197 Å². The third-order valence-corrected chi connectivity index (χ3v) is 6.44. The molecule has 0 aliphatic carbocycles. The molecule has 1 saturated heterocycles. The van der Waals surface area contributed by atoms with Crippen molar-refractivity contribution >= 4 is 23.7 Å². The van der Waals surface area contributed by atoms with Gasteiger partial charge in [0, 0.05) is 12.8 Å². The summed E-state index contributed by atoms with van der Waals surface area (Å²) in [6.07, 6.45) is -0.0404. The van der Waals surface area contributed by atoms with Crippen LogP contribution >= 0.6 is 0 Å². The average Bonchev–Trinajstić information content (AvgIpc) is 3.44. The highest BCUT2D eigenvalue weighted by molar-refractivity contribution is 5.94. The lowest BCUT2D eigenvalue weighted by Gasteiger charge is -2.26. The number of aliphatic hydroxyl groups excluding tert-OH is 1. The molecule has 8 N–H and O–H groups in total. The van der Waals surface area contributed by atoms with Crippen molar-refractivity contribution in [3.63, 3.8) is 0 Å². The predicted octanol–water partition coefficient (Wildman–Crippen LogP) is -0.445. The number of carboxylic acid groups (broad SMARTS) is 1. The molecule has 0 saturated carbocycles. The van der Waals surface area contributed by atoms with Crippen molar-refractivity contribution in [1.82, 2.24) is 21.3 Å². The lowest BCUT2D eigenvalue weighted by atomic mass is 10.0. The number of benzene rings is 2. The van der Waals surface area contributed by atoms with E-state index < -0.39 is 54.0 Å². The molecule has 39 heavy (non-hydrogen) atoms. The molecule has 1 fully saturated rings. The molecule has 0 bridgehead atoms. The molecule has 2 aromatic carbocycles. The van der Waals surface area contributed by atoms with Crippen molar-refractivity contribution in [2.75, 3.05) is 6.54 Å². The van der Waals surface area contributed by atoms with Gasteiger partial charge in [-0.15, -0.1) is 0 Å². The summed E-state index contributed by atoms with van der Waals surface area (Å²) in [7, 11) is 0. The predicted molar refractivity (Wildman–Crippen MR) is 140 cm³/mol. The molecule has 0 radical (unpaired) electrons. The first kappa shape index (κ1) is 29.4. The molecule has 1 aliphatic rings. The lowest BCUT2D eigenvalue weighted by Crippen LogP contribution is -2.60. The van der Waals surface area contributed by atoms with E-state index in [9.17, 15) is 39.6 Å². The van der Waals surface area contributed by atoms with E-state index in [2.05, 4.69) is 21.3 Å². The van der Waals surface area contributed by atoms with Gasteiger partial charge in [0.2, 0.25) is 17.7 Å². The second-order valence-corrected chi connectivity index (χ2v) is 9.58. The Kier molecular flexibility index (Phi) is 10.2. The van der Waals surface area contributed by atoms with E-state index in [4.69, 9.17) is 0 Å². The molecule has 12 nitrogen and oxygen atoms in total. The molecular weight excluding hydrogens is 508 g/mol. The van der Waals surface area contributed by atoms with Crippen LogP contribution in [-0.2, 0) is 32.0 Å². The Hall–Kier alpha value is -4.16. The van der Waals surface area contributed by atoms with Crippen LogP contribution in [0.15, 0.2) is 48.5 Å². The number of phenols is 2. The van der Waals surface area contributed by atoms with Crippen LogP contribution in [0.1, 0.15) is 30.9 Å². The Morgan fingerprint density at radius 2 is 1.36 bits per heavy atom. The first-order valence-corrected chi connectivity index (χ1v) is 12.6. The summed E-state index contributed by atoms with van der Waals surface area (Å²) in [5.41, 5.74) is 1.11. The van der Waals surface area contributed by atoms with Gasteiger partial charge in [-0.2, -0.15) is 0 Å². The zero-order chi connectivity index (χ0) is 28.5. The van der Waals surface area contributed by atoms with E-state index in [-0.39, 0.29) is 24.3 Å². The van der Waals surface area contributed by atoms with E-state index >= 15 is 0 Å². The monoisotopic (exact) mass is 542 g/mol. The summed E-state index contributed by atoms with van der Waals surface area (Å²) in [6.45, 7) is 1.99. The van der Waals surface area contributed by atoms with Gasteiger partial charge in [0.15, 0.2) is 0 Å². The van der Waals surface area contributed by atoms with E-state index in [0.717, 1.165) is 6.42 Å². The molecular formula is C27H34N4O8. The summed E-state index contributed by atoms with van der Waals surface area (Å²) in [4.78, 5) is 51.0. The quantitative estimate of drug-likeness (QED) is 0.175. The summed E-state index contributed by atoms with van der Waals surface area (Å²) >= 11 is 0. The maximum absolute atomic E-state index is 13.3. The minimum Gasteiger partial charge on any atom is -0.508 e. The Bertz CT molecular complexity index is 1150. The minimum absolute atomic E-state index is 0.000954. The number of hydrogen-bond acceptors (Lipinski definition) is 8. The molecule has 12 heteroatoms. The Morgan fingerprint density at radius 1 is 0.846 bits per heavy atom. The number of aromatic hydroxyl groups is 2. The van der Waals surface area contributed by atoms with Gasteiger partial charge in [-0.3, -0.25) is 14.4 Å². The number of aliphatic hydroxyl groups is 1. The molecule has 1 aliphatic heterocycles. The first-order chi connectivity index (χ1) is 18.5. The maximum atomic E-state index is 13.3. The number of hydrogen-bond donors (Lipinski definition) is 8. The molecule has 5 atom stereocenters. The van der Waals surface area contributed by atoms with Crippen molar-refractivity contribution in [2.24, 2.45) is 0 Å². The zero-order valence-corrected chi connectivity index (χ0v) is 21.5. The SMILES string of the molecule is CC(O)C(NC(=O)C1CCCN1)C(=O)NC(Cc1ccc(O)cc1)C(=O)NC(Cc1ccc(O)cc1)C(=O)O. The fourth-order valence-corrected chi connectivity index (χ4v) is 4.25. The third-order valence-electron chi connectivity index (χ3n) is 6.44. The van der Waals surface area contributed by atoms with Gasteiger partial charge < -0.3 is 41.7 Å². The minimum atomic E-state index is -1.36. The summed E-state index contributed by atoms with van der Waals surface area (Å²) in [5, 5.41) is 49.5. The maximum Gasteiger partial charge on any atom is 0.326 e. The van der Waals surface area contributed by atoms with Crippen molar-refractivity contribution in [3.8, 4) is 11.5 Å². The number of phenolic OH excluding ortho intramolecular Hbond substituents is 2. The van der Waals surface area contributed by atoms with Crippen LogP contribution in [-0.4, -0.2) is 80.9 Å². The Labute approximate surface area is 225 Å². The second kappa shape index (κ2) is 13.6. The highest BCUT2D eigenvalue weighted by atomic mass is 16.4. The van der Waals surface area contributed by atoms with Crippen LogP contribution in [0.25, 0.3) is 0 Å². The molecule has 3 rings (SSSR count). The highest BCUT2D eigenvalue weighted by Crippen LogP contribution is 2.14. The second-order valence-electron chi connectivity index (χ2n) is 9.58. The number of carbonyl (C=O) groups is 4. The van der Waals surface area contributed by atoms with Crippen molar-refractivity contribution < 1.29 is 39.6 Å². The molecule has 1 heterocycles. The van der Waals surface area contributed by atoms with Gasteiger partial charge in [-0.1, -0.05) is 24.3 Å². The summed E-state index contributed by atoms with van der Waals surface area (Å²) in [5.74, 6) is -3.36. The molecule has 2 aromatic rings. The van der Waals surface area contributed by atoms with Crippen LogP contribution in [0.2, 0.25) is 0 Å². The van der Waals surface area contributed by atoms with Crippen LogP contribution in [0.3, 0.4) is 0 Å². The van der Waals surface area contributed by atoms with Crippen LogP contribution in [0.4, 0.5) is 0 Å². The number of aliphatic carboxylic acids is 1. The van der Waals surface area contributed by atoms with Crippen LogP contribution in [0.5, 0.6) is 11.5 Å². The Morgan fingerprint density at radius 3 is 1.82 bits per heavy atom. The molecule has 3 amide bonds. The van der Waals surface area contributed by atoms with Crippen molar-refractivity contribution in [1.29, 1.82) is 0 Å². The average molecular weight is 543 g/mol.